The average molecular weight is 427 g/mol. The van der Waals surface area contributed by atoms with Gasteiger partial charge in [-0.2, -0.15) is 0 Å². The van der Waals surface area contributed by atoms with Gasteiger partial charge in [0.2, 0.25) is 0 Å². The molecule has 1 atom stereocenters. The molecule has 0 saturated carbocycles. The topological polar surface area (TPSA) is 50.7 Å². The number of carbonyl (C=O) groups excluding carboxylic acids is 1. The maximum atomic E-state index is 12.1. The van der Waals surface area contributed by atoms with Gasteiger partial charge in [-0.25, -0.2) is 0 Å². The molecule has 0 radical (unpaired) electrons. The molecular weight excluding hydrogens is 407 g/mol. The molecule has 0 aliphatic heterocycles. The number of aliphatic imine (C=N–C) groups is 1. The van der Waals surface area contributed by atoms with E-state index in [0.717, 1.165) is 11.1 Å². The maximum Gasteiger partial charge on any atom is 0.258 e. The van der Waals surface area contributed by atoms with Crippen molar-refractivity contribution >= 4 is 41.0 Å². The largest absolute Gasteiger partial charge is 0.484 e. The van der Waals surface area contributed by atoms with Gasteiger partial charge in [0.1, 0.15) is 5.75 Å². The number of carbonyl (C=O) groups is 1. The summed E-state index contributed by atoms with van der Waals surface area (Å²) < 4.78 is 5.56. The fourth-order valence-corrected chi connectivity index (χ4v) is 3.18. The fraction of sp³-hybridized carbons (Fsp3) is 0.130. The van der Waals surface area contributed by atoms with Crippen LogP contribution in [0.5, 0.6) is 5.75 Å². The first kappa shape index (κ1) is 20.9. The van der Waals surface area contributed by atoms with Gasteiger partial charge >= 0.3 is 0 Å². The second kappa shape index (κ2) is 10.1. The molecule has 0 saturated heterocycles. The molecule has 0 aromatic heterocycles. The van der Waals surface area contributed by atoms with Gasteiger partial charge < -0.3 is 10.1 Å². The Morgan fingerprint density at radius 2 is 1.69 bits per heavy atom. The van der Waals surface area contributed by atoms with Gasteiger partial charge in [-0.3, -0.25) is 9.79 Å². The Balaban J connectivity index is 1.51. The van der Waals surface area contributed by atoms with Crippen LogP contribution >= 0.6 is 23.2 Å². The van der Waals surface area contributed by atoms with Crippen molar-refractivity contribution in [2.75, 3.05) is 6.61 Å². The Bertz CT molecular complexity index is 969. The molecule has 0 bridgehead atoms. The van der Waals surface area contributed by atoms with Crippen LogP contribution in [0.1, 0.15) is 24.1 Å². The molecule has 6 heteroatoms. The summed E-state index contributed by atoms with van der Waals surface area (Å²) in [5.74, 6) is 0.431. The van der Waals surface area contributed by atoms with E-state index in [1.54, 1.807) is 36.5 Å². The number of hydrogen-bond donors (Lipinski definition) is 1. The van der Waals surface area contributed by atoms with Crippen LogP contribution in [0.25, 0.3) is 0 Å². The van der Waals surface area contributed by atoms with E-state index in [9.17, 15) is 4.79 Å². The third-order valence-corrected chi connectivity index (χ3v) is 4.57. The van der Waals surface area contributed by atoms with Crippen LogP contribution in [0.4, 0.5) is 5.69 Å². The summed E-state index contributed by atoms with van der Waals surface area (Å²) >= 11 is 11.9. The zero-order valence-electron chi connectivity index (χ0n) is 15.8. The lowest BCUT2D eigenvalue weighted by Crippen LogP contribution is -2.31. The highest BCUT2D eigenvalue weighted by Crippen LogP contribution is 2.24. The van der Waals surface area contributed by atoms with Crippen LogP contribution in [0.15, 0.2) is 77.8 Å². The number of benzene rings is 3. The molecule has 3 aromatic rings. The maximum absolute atomic E-state index is 12.1. The first-order chi connectivity index (χ1) is 14.0. The minimum Gasteiger partial charge on any atom is -0.484 e. The van der Waals surface area contributed by atoms with Gasteiger partial charge in [0, 0.05) is 16.3 Å². The number of rotatable bonds is 7. The molecule has 0 unspecified atom stereocenters. The van der Waals surface area contributed by atoms with Crippen LogP contribution < -0.4 is 10.1 Å². The quantitative estimate of drug-likeness (QED) is 0.470. The van der Waals surface area contributed by atoms with Gasteiger partial charge in [-0.1, -0.05) is 53.5 Å². The SMILES string of the molecule is C[C@@H](NC(=O)COc1ccc(C=Nc2cc(Cl)cc(Cl)c2)cc1)c1ccccc1. The zero-order chi connectivity index (χ0) is 20.6. The van der Waals surface area contributed by atoms with E-state index in [1.165, 1.54) is 0 Å². The molecule has 1 amide bonds. The predicted molar refractivity (Wildman–Crippen MR) is 119 cm³/mol. The van der Waals surface area contributed by atoms with Crippen LogP contribution in [0.3, 0.4) is 0 Å². The molecule has 3 rings (SSSR count). The monoisotopic (exact) mass is 426 g/mol. The van der Waals surface area contributed by atoms with E-state index < -0.39 is 0 Å². The predicted octanol–water partition coefficient (Wildman–Crippen LogP) is 6.00. The minimum atomic E-state index is -0.176. The Kier molecular flexibility index (Phi) is 7.28. The van der Waals surface area contributed by atoms with E-state index in [0.29, 0.717) is 21.5 Å². The highest BCUT2D eigenvalue weighted by molar-refractivity contribution is 6.35. The average Bonchev–Trinajstić information content (AvgIpc) is 2.71. The van der Waals surface area contributed by atoms with E-state index in [4.69, 9.17) is 27.9 Å². The van der Waals surface area contributed by atoms with Crippen LogP contribution in [0, 0.1) is 0 Å². The Morgan fingerprint density at radius 3 is 2.34 bits per heavy atom. The van der Waals surface area contributed by atoms with Crippen molar-refractivity contribution in [1.82, 2.24) is 5.32 Å². The van der Waals surface area contributed by atoms with E-state index in [1.807, 2.05) is 49.4 Å². The summed E-state index contributed by atoms with van der Waals surface area (Å²) in [6.07, 6.45) is 1.71. The first-order valence-corrected chi connectivity index (χ1v) is 9.82. The lowest BCUT2D eigenvalue weighted by Gasteiger charge is -2.14. The van der Waals surface area contributed by atoms with Crippen LogP contribution in [-0.2, 0) is 4.79 Å². The van der Waals surface area contributed by atoms with Crippen molar-refractivity contribution < 1.29 is 9.53 Å². The Labute approximate surface area is 180 Å². The second-order valence-electron chi connectivity index (χ2n) is 6.44. The highest BCUT2D eigenvalue weighted by atomic mass is 35.5. The van der Waals surface area contributed by atoms with Crippen LogP contribution in [0.2, 0.25) is 10.0 Å². The Morgan fingerprint density at radius 1 is 1.03 bits per heavy atom. The summed E-state index contributed by atoms with van der Waals surface area (Å²) in [6.45, 7) is 1.89. The number of nitrogens with zero attached hydrogens (tertiary/aromatic N) is 1. The zero-order valence-corrected chi connectivity index (χ0v) is 17.3. The van der Waals surface area contributed by atoms with Crippen molar-refractivity contribution in [2.24, 2.45) is 4.99 Å². The number of ether oxygens (including phenoxy) is 1. The van der Waals surface area contributed by atoms with Gasteiger partial charge in [0.25, 0.3) is 5.91 Å². The number of halogens is 2. The third kappa shape index (κ3) is 6.63. The molecule has 0 fully saturated rings. The van der Waals surface area contributed by atoms with Crippen molar-refractivity contribution in [3.05, 3.63) is 94.0 Å². The number of amides is 1. The molecule has 0 spiro atoms. The first-order valence-electron chi connectivity index (χ1n) is 9.07. The molecule has 0 aliphatic carbocycles. The smallest absolute Gasteiger partial charge is 0.258 e. The Hall–Kier alpha value is -2.82. The van der Waals surface area contributed by atoms with Crippen LogP contribution in [-0.4, -0.2) is 18.7 Å². The molecule has 0 heterocycles. The number of nitrogens with one attached hydrogen (secondary N) is 1. The molecule has 0 aliphatic rings. The fourth-order valence-electron chi connectivity index (χ4n) is 2.67. The van der Waals surface area contributed by atoms with Crippen molar-refractivity contribution in [3.8, 4) is 5.75 Å². The molecule has 4 nitrogen and oxygen atoms in total. The third-order valence-electron chi connectivity index (χ3n) is 4.14. The lowest BCUT2D eigenvalue weighted by atomic mass is 10.1. The molecule has 3 aromatic carbocycles. The second-order valence-corrected chi connectivity index (χ2v) is 7.32. The summed E-state index contributed by atoms with van der Waals surface area (Å²) in [5.41, 5.74) is 2.60. The molecule has 1 N–H and O–H groups in total. The van der Waals surface area contributed by atoms with Gasteiger partial charge in [0.15, 0.2) is 6.61 Å². The van der Waals surface area contributed by atoms with Gasteiger partial charge in [-0.15, -0.1) is 0 Å². The van der Waals surface area contributed by atoms with Crippen molar-refractivity contribution in [1.29, 1.82) is 0 Å². The minimum absolute atomic E-state index is 0.0500. The summed E-state index contributed by atoms with van der Waals surface area (Å²) in [6, 6.07) is 22.1. The van der Waals surface area contributed by atoms with E-state index in [2.05, 4.69) is 10.3 Å². The normalized spacial score (nSPS) is 12.0. The summed E-state index contributed by atoms with van der Waals surface area (Å²) in [7, 11) is 0. The van der Waals surface area contributed by atoms with Gasteiger partial charge in [0.05, 0.1) is 11.7 Å². The van der Waals surface area contributed by atoms with Gasteiger partial charge in [-0.05, 0) is 60.5 Å². The highest BCUT2D eigenvalue weighted by Gasteiger charge is 2.09. The van der Waals surface area contributed by atoms with Crippen molar-refractivity contribution in [3.63, 3.8) is 0 Å². The summed E-state index contributed by atoms with van der Waals surface area (Å²) in [5, 5.41) is 3.99. The standard InChI is InChI=1S/C23H20Cl2N2O2/c1-16(18-5-3-2-4-6-18)27-23(28)15-29-22-9-7-17(8-10-22)14-26-21-12-19(24)11-20(25)13-21/h2-14,16H,15H2,1H3,(H,27,28)/t16-/m1/s1. The molecular formula is C23H20Cl2N2O2. The molecule has 148 valence electrons. The van der Waals surface area contributed by atoms with Crippen molar-refractivity contribution in [2.45, 2.75) is 13.0 Å². The number of hydrogen-bond acceptors (Lipinski definition) is 3. The van der Waals surface area contributed by atoms with E-state index >= 15 is 0 Å². The summed E-state index contributed by atoms with van der Waals surface area (Å²) in [4.78, 5) is 16.5. The molecule has 29 heavy (non-hydrogen) atoms. The van der Waals surface area contributed by atoms with E-state index in [-0.39, 0.29) is 18.6 Å². The lowest BCUT2D eigenvalue weighted by molar-refractivity contribution is -0.123.